The largest absolute Gasteiger partial charge is 0.490 e. The van der Waals surface area contributed by atoms with Crippen LogP contribution in [-0.2, 0) is 4.74 Å². The van der Waals surface area contributed by atoms with Crippen molar-refractivity contribution >= 4 is 29.2 Å². The Labute approximate surface area is 201 Å². The Morgan fingerprint density at radius 2 is 1.59 bits per heavy atom. The average molecular weight is 467 g/mol. The molecule has 1 aliphatic carbocycles. The molecule has 2 aliphatic rings. The highest BCUT2D eigenvalue weighted by Gasteiger charge is 2.29. The van der Waals surface area contributed by atoms with Crippen LogP contribution in [0.4, 0.5) is 26.7 Å². The summed E-state index contributed by atoms with van der Waals surface area (Å²) >= 11 is 0. The van der Waals surface area contributed by atoms with Crippen molar-refractivity contribution in [1.29, 1.82) is 0 Å². The van der Waals surface area contributed by atoms with Crippen LogP contribution in [-0.4, -0.2) is 55.9 Å². The van der Waals surface area contributed by atoms with E-state index in [1.165, 1.54) is 12.8 Å². The second kappa shape index (κ2) is 11.1. The molecule has 0 bridgehead atoms. The zero-order chi connectivity index (χ0) is 23.9. The number of amides is 3. The summed E-state index contributed by atoms with van der Waals surface area (Å²) in [6, 6.07) is 15.1. The maximum absolute atomic E-state index is 12.4. The van der Waals surface area contributed by atoms with Crippen LogP contribution in [0, 0.1) is 0 Å². The van der Waals surface area contributed by atoms with Gasteiger partial charge in [-0.3, -0.25) is 0 Å². The van der Waals surface area contributed by atoms with E-state index < -0.39 is 0 Å². The molecule has 2 aromatic rings. The Kier molecular flexibility index (Phi) is 7.77. The molecule has 182 valence electrons. The van der Waals surface area contributed by atoms with Gasteiger partial charge in [0.05, 0.1) is 18.8 Å². The zero-order valence-corrected chi connectivity index (χ0v) is 20.0. The van der Waals surface area contributed by atoms with Gasteiger partial charge in [0.25, 0.3) is 0 Å². The lowest BCUT2D eigenvalue weighted by molar-refractivity contribution is 0.105. The van der Waals surface area contributed by atoms with Crippen molar-refractivity contribution < 1.29 is 19.1 Å². The number of hydrogen-bond donors (Lipinski definition) is 2. The van der Waals surface area contributed by atoms with Crippen molar-refractivity contribution in [2.24, 2.45) is 0 Å². The third kappa shape index (κ3) is 6.12. The molecule has 1 saturated carbocycles. The van der Waals surface area contributed by atoms with Crippen molar-refractivity contribution in [3.05, 3.63) is 48.5 Å². The number of benzene rings is 2. The Morgan fingerprint density at radius 1 is 0.971 bits per heavy atom. The fourth-order valence-corrected chi connectivity index (χ4v) is 4.53. The monoisotopic (exact) mass is 466 g/mol. The van der Waals surface area contributed by atoms with Crippen molar-refractivity contribution in [3.8, 4) is 5.75 Å². The van der Waals surface area contributed by atoms with Crippen LogP contribution in [0.3, 0.4) is 0 Å². The smallest absolute Gasteiger partial charge is 0.409 e. The van der Waals surface area contributed by atoms with Gasteiger partial charge in [-0.05, 0) is 87.6 Å². The summed E-state index contributed by atoms with van der Waals surface area (Å²) in [4.78, 5) is 28.3. The normalized spacial score (nSPS) is 17.9. The first-order chi connectivity index (χ1) is 16.5. The lowest BCUT2D eigenvalue weighted by atomic mass is 10.2. The maximum Gasteiger partial charge on any atom is 0.409 e. The van der Waals surface area contributed by atoms with Gasteiger partial charge in [-0.1, -0.05) is 0 Å². The molecule has 1 atom stereocenters. The molecule has 1 aliphatic heterocycles. The van der Waals surface area contributed by atoms with E-state index in [9.17, 15) is 9.59 Å². The fraction of sp³-hybridized carbons (Fsp3) is 0.462. The summed E-state index contributed by atoms with van der Waals surface area (Å²) in [6.45, 7) is 3.80. The summed E-state index contributed by atoms with van der Waals surface area (Å²) in [5.41, 5.74) is 2.48. The van der Waals surface area contributed by atoms with E-state index in [2.05, 4.69) is 15.5 Å². The van der Waals surface area contributed by atoms with E-state index >= 15 is 0 Å². The minimum absolute atomic E-state index is 0.123. The second-order valence-electron chi connectivity index (χ2n) is 8.87. The molecule has 3 amide bonds. The fourth-order valence-electron chi connectivity index (χ4n) is 4.53. The quantitative estimate of drug-likeness (QED) is 0.577. The van der Waals surface area contributed by atoms with Crippen LogP contribution in [0.5, 0.6) is 5.75 Å². The average Bonchev–Trinajstić information content (AvgIpc) is 3.53. The lowest BCUT2D eigenvalue weighted by Gasteiger charge is -2.24. The van der Waals surface area contributed by atoms with Gasteiger partial charge < -0.3 is 29.9 Å². The maximum atomic E-state index is 12.4. The molecule has 0 radical (unpaired) electrons. The standard InChI is InChI=1S/C26H34N4O4/c1-3-33-26(32)29(2)22-16-17-30(18-22)21-12-8-19(9-13-21)27-25(31)28-20-10-14-24(15-11-20)34-23-6-4-5-7-23/h8-15,22-23H,3-7,16-18H2,1-2H3,(H2,27,28,31). The first-order valence-electron chi connectivity index (χ1n) is 12.1. The SMILES string of the molecule is CCOC(=O)N(C)C1CCN(c2ccc(NC(=O)Nc3ccc(OC4CCCC4)cc3)cc2)C1. The van der Waals surface area contributed by atoms with Crippen LogP contribution in [0.1, 0.15) is 39.0 Å². The molecule has 0 aromatic heterocycles. The number of nitrogens with zero attached hydrogens (tertiary/aromatic N) is 2. The number of ether oxygens (including phenoxy) is 2. The van der Waals surface area contributed by atoms with Crippen LogP contribution in [0.25, 0.3) is 0 Å². The predicted molar refractivity (Wildman–Crippen MR) is 134 cm³/mol. The molecule has 1 unspecified atom stereocenters. The van der Waals surface area contributed by atoms with Gasteiger partial charge in [0, 0.05) is 37.2 Å². The molecule has 2 aromatic carbocycles. The van der Waals surface area contributed by atoms with Crippen molar-refractivity contribution in [3.63, 3.8) is 0 Å². The summed E-state index contributed by atoms with van der Waals surface area (Å²) in [5.74, 6) is 0.839. The zero-order valence-electron chi connectivity index (χ0n) is 20.0. The number of urea groups is 1. The lowest BCUT2D eigenvalue weighted by Crippen LogP contribution is -2.39. The van der Waals surface area contributed by atoms with E-state index in [4.69, 9.17) is 9.47 Å². The summed E-state index contributed by atoms with van der Waals surface area (Å²) in [5, 5.41) is 5.72. The first kappa shape index (κ1) is 23.7. The van der Waals surface area contributed by atoms with Gasteiger partial charge in [-0.25, -0.2) is 9.59 Å². The number of carbonyl (C=O) groups excluding carboxylic acids is 2. The van der Waals surface area contributed by atoms with Crippen LogP contribution in [0.15, 0.2) is 48.5 Å². The van der Waals surface area contributed by atoms with Gasteiger partial charge in [0.1, 0.15) is 5.75 Å². The Bertz CT molecular complexity index is 958. The second-order valence-corrected chi connectivity index (χ2v) is 8.87. The van der Waals surface area contributed by atoms with E-state index in [0.717, 1.165) is 43.8 Å². The molecule has 2 fully saturated rings. The number of rotatable bonds is 7. The third-order valence-electron chi connectivity index (χ3n) is 6.47. The Balaban J connectivity index is 1.25. The van der Waals surface area contributed by atoms with Crippen LogP contribution >= 0.6 is 0 Å². The number of likely N-dealkylation sites (N-methyl/N-ethyl adjacent to an activating group) is 1. The minimum Gasteiger partial charge on any atom is -0.490 e. The topological polar surface area (TPSA) is 83.1 Å². The highest BCUT2D eigenvalue weighted by Crippen LogP contribution is 2.26. The van der Waals surface area contributed by atoms with Crippen LogP contribution in [0.2, 0.25) is 0 Å². The van der Waals surface area contributed by atoms with E-state index in [1.807, 2.05) is 55.5 Å². The number of nitrogens with one attached hydrogen (secondary N) is 2. The number of anilines is 3. The Morgan fingerprint density at radius 3 is 2.21 bits per heavy atom. The molecule has 1 saturated heterocycles. The molecular weight excluding hydrogens is 432 g/mol. The molecule has 8 heteroatoms. The minimum atomic E-state index is -0.297. The molecule has 4 rings (SSSR count). The van der Waals surface area contributed by atoms with Crippen molar-refractivity contribution in [2.75, 3.05) is 42.3 Å². The van der Waals surface area contributed by atoms with Gasteiger partial charge in [0.2, 0.25) is 0 Å². The number of carbonyl (C=O) groups is 2. The predicted octanol–water partition coefficient (Wildman–Crippen LogP) is 5.32. The van der Waals surface area contributed by atoms with Crippen molar-refractivity contribution in [1.82, 2.24) is 4.90 Å². The third-order valence-corrected chi connectivity index (χ3v) is 6.47. The van der Waals surface area contributed by atoms with Gasteiger partial charge in [0.15, 0.2) is 0 Å². The molecule has 1 heterocycles. The van der Waals surface area contributed by atoms with E-state index in [0.29, 0.717) is 24.1 Å². The highest BCUT2D eigenvalue weighted by atomic mass is 16.6. The first-order valence-corrected chi connectivity index (χ1v) is 12.1. The van der Waals surface area contributed by atoms with E-state index in [1.54, 1.807) is 11.9 Å². The van der Waals surface area contributed by atoms with Crippen LogP contribution < -0.4 is 20.3 Å². The Hall–Kier alpha value is -3.42. The van der Waals surface area contributed by atoms with Gasteiger partial charge in [-0.15, -0.1) is 0 Å². The molecular formula is C26H34N4O4. The summed E-state index contributed by atoms with van der Waals surface area (Å²) in [7, 11) is 1.79. The van der Waals surface area contributed by atoms with Crippen molar-refractivity contribution in [2.45, 2.75) is 51.2 Å². The molecule has 8 nitrogen and oxygen atoms in total. The number of hydrogen-bond acceptors (Lipinski definition) is 5. The molecule has 2 N–H and O–H groups in total. The van der Waals surface area contributed by atoms with Gasteiger partial charge in [-0.2, -0.15) is 0 Å². The highest BCUT2D eigenvalue weighted by molar-refractivity contribution is 5.99. The molecule has 0 spiro atoms. The summed E-state index contributed by atoms with van der Waals surface area (Å²) < 4.78 is 11.1. The van der Waals surface area contributed by atoms with Gasteiger partial charge >= 0.3 is 12.1 Å². The summed E-state index contributed by atoms with van der Waals surface area (Å²) in [6.07, 6.45) is 5.62. The van der Waals surface area contributed by atoms with E-state index in [-0.39, 0.29) is 18.2 Å². The molecule has 34 heavy (non-hydrogen) atoms.